The molecule has 0 amide bonds. The van der Waals surface area contributed by atoms with E-state index in [0.717, 1.165) is 12.1 Å². The lowest BCUT2D eigenvalue weighted by molar-refractivity contribution is -0.137. The number of alkyl halides is 3. The number of ketones is 1. The molecule has 0 aliphatic rings. The van der Waals surface area contributed by atoms with E-state index in [1.807, 2.05) is 0 Å². The molecule has 3 aromatic rings. The monoisotopic (exact) mass is 361 g/mol. The highest BCUT2D eigenvalue weighted by Gasteiger charge is 2.30. The summed E-state index contributed by atoms with van der Waals surface area (Å²) in [4.78, 5) is 16.2. The zero-order chi connectivity index (χ0) is 18.9. The molecule has 0 spiro atoms. The van der Waals surface area contributed by atoms with Crippen LogP contribution in [0.4, 0.5) is 18.9 Å². The van der Waals surface area contributed by atoms with Crippen molar-refractivity contribution in [1.82, 2.24) is 0 Å². The molecule has 0 radical (unpaired) electrons. The third-order valence-corrected chi connectivity index (χ3v) is 3.76. The van der Waals surface area contributed by atoms with Gasteiger partial charge in [0.1, 0.15) is 11.3 Å². The van der Waals surface area contributed by atoms with Crippen LogP contribution in [0.1, 0.15) is 22.8 Å². The molecule has 0 aliphatic heterocycles. The van der Waals surface area contributed by atoms with E-state index < -0.39 is 11.7 Å². The quantitative estimate of drug-likeness (QED) is 0.624. The van der Waals surface area contributed by atoms with E-state index in [1.165, 1.54) is 26.2 Å². The Labute approximate surface area is 146 Å². The maximum absolute atomic E-state index is 12.9. The molecule has 1 aromatic heterocycles. The number of Topliss-reactive ketones (excluding diaryl/α,β-unsaturated/α-hetero) is 1. The topological polar surface area (TPSA) is 51.8 Å². The number of hydrogen-bond donors (Lipinski definition) is 0. The van der Waals surface area contributed by atoms with Gasteiger partial charge in [0, 0.05) is 5.39 Å². The molecule has 26 heavy (non-hydrogen) atoms. The van der Waals surface area contributed by atoms with Crippen molar-refractivity contribution >= 4 is 22.4 Å². The van der Waals surface area contributed by atoms with Crippen LogP contribution in [-0.2, 0) is 6.18 Å². The first kappa shape index (κ1) is 17.7. The van der Waals surface area contributed by atoms with Crippen molar-refractivity contribution in [2.75, 3.05) is 7.11 Å². The van der Waals surface area contributed by atoms with Crippen LogP contribution in [0.2, 0.25) is 0 Å². The molecule has 0 aliphatic carbocycles. The third-order valence-electron chi connectivity index (χ3n) is 3.76. The van der Waals surface area contributed by atoms with Crippen molar-refractivity contribution in [1.29, 1.82) is 0 Å². The van der Waals surface area contributed by atoms with Crippen LogP contribution >= 0.6 is 0 Å². The summed E-state index contributed by atoms with van der Waals surface area (Å²) in [7, 11) is 1.54. The minimum atomic E-state index is -4.48. The Morgan fingerprint density at radius 2 is 1.77 bits per heavy atom. The Morgan fingerprint density at radius 3 is 2.35 bits per heavy atom. The number of rotatable bonds is 3. The second-order valence-electron chi connectivity index (χ2n) is 5.58. The van der Waals surface area contributed by atoms with Crippen molar-refractivity contribution in [3.8, 4) is 5.75 Å². The standard InChI is InChI=1S/C19H14F3NO3/c1-11(24)16-10-12-9-13(19(20,21)22)3-8-17(12)26-18(16)23-14-4-6-15(25-2)7-5-14/h3-10H,1-2H3/b23-18-. The molecule has 4 nitrogen and oxygen atoms in total. The minimum absolute atomic E-state index is 0.0370. The summed E-state index contributed by atoms with van der Waals surface area (Å²) in [5.41, 5.74) is 0.0516. The molecule has 0 saturated carbocycles. The summed E-state index contributed by atoms with van der Waals surface area (Å²) in [6.45, 7) is 1.30. The molecular formula is C19H14F3NO3. The number of carbonyl (C=O) groups excluding carboxylic acids is 1. The molecule has 3 rings (SSSR count). The first-order chi connectivity index (χ1) is 12.3. The minimum Gasteiger partial charge on any atom is -0.497 e. The average Bonchev–Trinajstić information content (AvgIpc) is 2.60. The maximum Gasteiger partial charge on any atom is 0.416 e. The van der Waals surface area contributed by atoms with Crippen molar-refractivity contribution in [3.63, 3.8) is 0 Å². The number of ether oxygens (including phenoxy) is 1. The van der Waals surface area contributed by atoms with Gasteiger partial charge in [-0.05, 0) is 55.5 Å². The Morgan fingerprint density at radius 1 is 1.08 bits per heavy atom. The summed E-state index contributed by atoms with van der Waals surface area (Å²) in [5.74, 6) is 0.284. The normalized spacial score (nSPS) is 12.4. The Bertz CT molecular complexity index is 1030. The average molecular weight is 361 g/mol. The summed E-state index contributed by atoms with van der Waals surface area (Å²) in [5, 5.41) is 0.179. The van der Waals surface area contributed by atoms with Gasteiger partial charge in [-0.25, -0.2) is 4.99 Å². The zero-order valence-corrected chi connectivity index (χ0v) is 13.9. The summed E-state index contributed by atoms with van der Waals surface area (Å²) >= 11 is 0. The predicted octanol–water partition coefficient (Wildman–Crippen LogP) is 4.90. The van der Waals surface area contributed by atoms with Crippen LogP contribution in [0.25, 0.3) is 11.0 Å². The fourth-order valence-electron chi connectivity index (χ4n) is 2.42. The number of halogens is 3. The summed E-state index contributed by atoms with van der Waals surface area (Å²) in [6.07, 6.45) is -4.48. The van der Waals surface area contributed by atoms with Gasteiger partial charge in [-0.2, -0.15) is 13.2 Å². The van der Waals surface area contributed by atoms with Gasteiger partial charge in [-0.3, -0.25) is 4.79 Å². The van der Waals surface area contributed by atoms with Crippen LogP contribution < -0.4 is 10.3 Å². The predicted molar refractivity (Wildman–Crippen MR) is 89.4 cm³/mol. The highest BCUT2D eigenvalue weighted by molar-refractivity contribution is 5.96. The Hall–Kier alpha value is -3.09. The van der Waals surface area contributed by atoms with E-state index in [-0.39, 0.29) is 27.9 Å². The third kappa shape index (κ3) is 3.61. The van der Waals surface area contributed by atoms with Crippen LogP contribution in [0.15, 0.2) is 57.9 Å². The molecule has 1 heterocycles. The highest BCUT2D eigenvalue weighted by Crippen LogP contribution is 2.31. The van der Waals surface area contributed by atoms with E-state index in [2.05, 4.69) is 4.99 Å². The van der Waals surface area contributed by atoms with Crippen molar-refractivity contribution in [2.24, 2.45) is 4.99 Å². The smallest absolute Gasteiger partial charge is 0.416 e. The number of methoxy groups -OCH3 is 1. The van der Waals surface area contributed by atoms with Gasteiger partial charge in [0.2, 0.25) is 5.55 Å². The van der Waals surface area contributed by atoms with Crippen LogP contribution in [0.3, 0.4) is 0 Å². The lowest BCUT2D eigenvalue weighted by atomic mass is 10.1. The molecule has 0 N–H and O–H groups in total. The van der Waals surface area contributed by atoms with Crippen LogP contribution in [-0.4, -0.2) is 12.9 Å². The highest BCUT2D eigenvalue weighted by atomic mass is 19.4. The SMILES string of the molecule is COc1ccc(/N=c2\oc3ccc(C(F)(F)F)cc3cc2C(C)=O)cc1. The van der Waals surface area contributed by atoms with Gasteiger partial charge >= 0.3 is 6.18 Å². The fraction of sp³-hybridized carbons (Fsp3) is 0.158. The Balaban J connectivity index is 2.19. The molecule has 2 aromatic carbocycles. The van der Waals surface area contributed by atoms with E-state index in [9.17, 15) is 18.0 Å². The van der Waals surface area contributed by atoms with E-state index >= 15 is 0 Å². The molecule has 0 unspecified atom stereocenters. The fourth-order valence-corrected chi connectivity index (χ4v) is 2.42. The van der Waals surface area contributed by atoms with Crippen molar-refractivity contribution in [3.05, 3.63) is 65.2 Å². The molecule has 0 atom stereocenters. The van der Waals surface area contributed by atoms with E-state index in [0.29, 0.717) is 11.4 Å². The summed E-state index contributed by atoms with van der Waals surface area (Å²) in [6, 6.07) is 11.2. The van der Waals surface area contributed by atoms with Crippen LogP contribution in [0, 0.1) is 0 Å². The van der Waals surface area contributed by atoms with Gasteiger partial charge in [-0.15, -0.1) is 0 Å². The maximum atomic E-state index is 12.9. The number of carbonyl (C=O) groups is 1. The van der Waals surface area contributed by atoms with Crippen LogP contribution in [0.5, 0.6) is 5.75 Å². The zero-order valence-electron chi connectivity index (χ0n) is 13.9. The second-order valence-corrected chi connectivity index (χ2v) is 5.58. The molecule has 0 saturated heterocycles. The molecule has 0 bridgehead atoms. The molecular weight excluding hydrogens is 347 g/mol. The number of fused-ring (bicyclic) bond motifs is 1. The summed E-state index contributed by atoms with van der Waals surface area (Å²) < 4.78 is 49.3. The van der Waals surface area contributed by atoms with Gasteiger partial charge in [-0.1, -0.05) is 0 Å². The Kier molecular flexibility index (Phi) is 4.54. The lowest BCUT2D eigenvalue weighted by Gasteiger charge is -2.08. The first-order valence-corrected chi connectivity index (χ1v) is 7.63. The first-order valence-electron chi connectivity index (χ1n) is 7.63. The van der Waals surface area contributed by atoms with Gasteiger partial charge < -0.3 is 9.15 Å². The van der Waals surface area contributed by atoms with E-state index in [1.54, 1.807) is 24.3 Å². The number of benzene rings is 2. The van der Waals surface area contributed by atoms with Gasteiger partial charge in [0.05, 0.1) is 23.9 Å². The second kappa shape index (κ2) is 6.67. The number of hydrogen-bond acceptors (Lipinski definition) is 4. The van der Waals surface area contributed by atoms with Gasteiger partial charge in [0.15, 0.2) is 5.78 Å². The van der Waals surface area contributed by atoms with Gasteiger partial charge in [0.25, 0.3) is 0 Å². The van der Waals surface area contributed by atoms with Crippen molar-refractivity contribution in [2.45, 2.75) is 13.1 Å². The molecule has 0 fully saturated rings. The lowest BCUT2D eigenvalue weighted by Crippen LogP contribution is -2.13. The van der Waals surface area contributed by atoms with E-state index in [4.69, 9.17) is 9.15 Å². The largest absolute Gasteiger partial charge is 0.497 e. The molecule has 134 valence electrons. The number of nitrogens with zero attached hydrogens (tertiary/aromatic N) is 1. The van der Waals surface area contributed by atoms with Crippen molar-refractivity contribution < 1.29 is 27.1 Å². The molecule has 7 heteroatoms.